The van der Waals surface area contributed by atoms with Crippen molar-refractivity contribution in [2.24, 2.45) is 0 Å². The summed E-state index contributed by atoms with van der Waals surface area (Å²) >= 11 is 5.79. The number of benzene rings is 7. The smallest absolute Gasteiger partial charge is 0.355 e. The quantitative estimate of drug-likeness (QED) is 0.0292. The summed E-state index contributed by atoms with van der Waals surface area (Å²) in [6.07, 6.45) is 8.40. The third-order valence-electron chi connectivity index (χ3n) is 21.6. The predicted octanol–water partition coefficient (Wildman–Crippen LogP) is 17.8. The maximum absolute atomic E-state index is 14.6. The molecule has 0 bridgehead atoms. The van der Waals surface area contributed by atoms with Crippen molar-refractivity contribution in [2.45, 2.75) is 53.9 Å². The number of nitrogens with zero attached hydrogens (tertiary/aromatic N) is 9. The lowest BCUT2D eigenvalue weighted by molar-refractivity contribution is 0.0506. The molecule has 13 heterocycles. The van der Waals surface area contributed by atoms with Gasteiger partial charge in [0, 0.05) is 116 Å². The first-order chi connectivity index (χ1) is 63.9. The molecule has 0 aliphatic heterocycles. The van der Waals surface area contributed by atoms with Gasteiger partial charge in [0.2, 0.25) is 10.0 Å². The van der Waals surface area contributed by atoms with E-state index in [1.54, 1.807) is 118 Å². The number of pyridine rings is 5. The minimum absolute atomic E-state index is 0.0213. The normalized spacial score (nSPS) is 11.5. The van der Waals surface area contributed by atoms with Gasteiger partial charge >= 0.3 is 17.9 Å². The number of amides is 1. The summed E-state index contributed by atoms with van der Waals surface area (Å²) in [6.45, 7) is 7.17. The fraction of sp³-hybridized carbons (Fsp3) is 0.117. The van der Waals surface area contributed by atoms with Crippen LogP contribution in [0.15, 0.2) is 225 Å². The van der Waals surface area contributed by atoms with E-state index in [9.17, 15) is 78.2 Å². The molecule has 0 unspecified atom stereocenters. The number of carbonyl (C=O) groups excluding carboxylic acids is 3. The fourth-order valence-electron chi connectivity index (χ4n) is 16.3. The number of carboxylic acids is 1. The van der Waals surface area contributed by atoms with Crippen LogP contribution in [0.25, 0.3) is 129 Å². The third-order valence-corrected chi connectivity index (χ3v) is 25.7. The molecular weight excluding hydrogens is 1820 g/mol. The van der Waals surface area contributed by atoms with Crippen LogP contribution in [0.2, 0.25) is 0 Å². The molecule has 20 rings (SSSR count). The Morgan fingerprint density at radius 1 is 0.444 bits per heavy atom. The first-order valence-electron chi connectivity index (χ1n) is 40.4. The number of halogens is 6. The van der Waals surface area contributed by atoms with Gasteiger partial charge in [-0.15, -0.1) is 45.3 Å². The highest BCUT2D eigenvalue weighted by molar-refractivity contribution is 7.89. The number of aromatic amines is 4. The van der Waals surface area contributed by atoms with E-state index in [0.717, 1.165) is 71.0 Å². The molecule has 0 saturated heterocycles. The van der Waals surface area contributed by atoms with Crippen molar-refractivity contribution in [3.63, 3.8) is 0 Å². The van der Waals surface area contributed by atoms with Crippen LogP contribution in [-0.2, 0) is 45.7 Å². The lowest BCUT2D eigenvalue weighted by Crippen LogP contribution is -2.31. The van der Waals surface area contributed by atoms with Crippen molar-refractivity contribution in [3.05, 3.63) is 337 Å². The lowest BCUT2D eigenvalue weighted by atomic mass is 10.0. The molecule has 0 atom stereocenters. The number of nitrogen functional groups attached to an aromatic ring is 1. The van der Waals surface area contributed by atoms with Gasteiger partial charge in [-0.2, -0.15) is 0 Å². The zero-order valence-electron chi connectivity index (χ0n) is 70.1. The molecule has 28 nitrogen and oxygen atoms in total. The molecule has 39 heteroatoms. The van der Waals surface area contributed by atoms with Crippen molar-refractivity contribution in [2.75, 3.05) is 25.2 Å². The molecule has 20 aromatic rings. The van der Waals surface area contributed by atoms with Crippen LogP contribution in [0, 0.1) is 48.8 Å². The Bertz CT molecular complexity index is 8530. The van der Waals surface area contributed by atoms with Crippen molar-refractivity contribution in [3.8, 4) is 44.5 Å². The number of hydrogen-bond donors (Lipinski definition) is 7. The van der Waals surface area contributed by atoms with E-state index in [1.807, 2.05) is 50.2 Å². The summed E-state index contributed by atoms with van der Waals surface area (Å²) < 4.78 is 131. The number of carboxylic acid groups (broad SMARTS) is 1. The van der Waals surface area contributed by atoms with E-state index in [2.05, 4.69) is 49.6 Å². The molecule has 0 spiro atoms. The maximum Gasteiger partial charge on any atom is 0.355 e. The molecule has 0 fully saturated rings. The van der Waals surface area contributed by atoms with E-state index in [0.29, 0.717) is 88.2 Å². The monoisotopic (exact) mass is 1890 g/mol. The topological polar surface area (TPSA) is 395 Å². The number of aromatic nitrogens is 13. The number of esters is 2. The van der Waals surface area contributed by atoms with E-state index >= 15 is 0 Å². The summed E-state index contributed by atoms with van der Waals surface area (Å²) in [6, 6.07) is 40.8. The standard InChI is InChI=1S/C25H19F2N3O3S.C24H17F2N3O3S.C23H15F2N3O3S.C22H18N6O4S2/c1-3-33-25(32)23-20(16-5-4-10-28-24(16)31)21-18(8-9-19-22(21)29-13(2)34-19)30(23)12-14-6-7-15(26)11-17(14)27;1-2-32-24(31)22-19(15-4-3-9-27-23(15)30)20-17(7-8-18-21(20)28-12-33-18)29(22)11-13-5-6-14(25)10-16(13)26;1-11-27-20-17(32-11)7-6-16-19(20)18(14-3-2-8-26-22(14)29)21(23(30)31)28(16)10-12-4-5-13(24)9-15(12)25;1-34(31,32)27-22(30)20-17(13-3-2-7-25-21(13)29)18-14(4-5-15-19(18)26-11-33-15)28(20)10-12-6-8-24-16(23)9-12/h4-11H,3,12H2,1-2H3,(H,28,31);3-10,12H,2,11H2,1H3,(H,27,30);2-9H,10H2,1H3,(H,26,29)(H,30,31);2-9,11H,10H2,1H3,(H2,23,24)(H,25,29)(H,27,30). The van der Waals surface area contributed by atoms with Crippen LogP contribution in [0.5, 0.6) is 0 Å². The van der Waals surface area contributed by atoms with Crippen molar-refractivity contribution in [1.82, 2.24) is 67.8 Å². The summed E-state index contributed by atoms with van der Waals surface area (Å²) in [7, 11) is -3.89. The van der Waals surface area contributed by atoms with E-state index < -0.39 is 79.9 Å². The van der Waals surface area contributed by atoms with E-state index in [1.165, 1.54) is 99.0 Å². The molecule has 13 aromatic heterocycles. The van der Waals surface area contributed by atoms with Gasteiger partial charge < -0.3 is 58.5 Å². The Balaban J connectivity index is 0.000000124. The SMILES string of the molecule is CCOC(=O)c1c(-c2ccc[nH]c2=O)c2c3nc(C)sc3ccc2n1Cc1ccc(F)cc1F.CCOC(=O)c1c(-c2ccc[nH]c2=O)c2c3ncsc3ccc2n1Cc1ccc(F)cc1F.CS(=O)(=O)NC(=O)c1c(-c2ccc[nH]c2=O)c2c3ncsc3ccc2n1Cc1ccnc(N)c1.Cc1nc2c(ccc3c2c(-c2ccc[nH]c2=O)c(C(=O)O)n3Cc2ccc(F)cc2F)s1. The number of nitrogens with two attached hydrogens (primary N) is 1. The molecule has 8 N–H and O–H groups in total. The number of aromatic carboxylic acids is 1. The number of fused-ring (bicyclic) bond motifs is 12. The fourth-order valence-corrected chi connectivity index (χ4v) is 19.8. The highest BCUT2D eigenvalue weighted by Crippen LogP contribution is 2.46. The van der Waals surface area contributed by atoms with Crippen LogP contribution < -0.4 is 32.7 Å². The van der Waals surface area contributed by atoms with Gasteiger partial charge in [0.25, 0.3) is 28.1 Å². The van der Waals surface area contributed by atoms with Crippen molar-refractivity contribution >= 4 is 169 Å². The largest absolute Gasteiger partial charge is 0.477 e. The molecular formula is C94H69F6N15O13S5. The number of aryl methyl sites for hydroxylation is 2. The zero-order chi connectivity index (χ0) is 93.7. The van der Waals surface area contributed by atoms with Crippen LogP contribution in [-0.4, -0.2) is 120 Å². The first kappa shape index (κ1) is 89.4. The number of carbonyl (C=O) groups is 4. The molecule has 133 heavy (non-hydrogen) atoms. The minimum Gasteiger partial charge on any atom is -0.477 e. The molecule has 670 valence electrons. The highest BCUT2D eigenvalue weighted by atomic mass is 32.2. The maximum atomic E-state index is 14.6. The Kier molecular flexibility index (Phi) is 24.7. The van der Waals surface area contributed by atoms with Gasteiger partial charge in [-0.25, -0.2) is 78.8 Å². The van der Waals surface area contributed by atoms with Gasteiger partial charge in [0.05, 0.1) is 145 Å². The molecule has 0 aliphatic carbocycles. The predicted molar refractivity (Wildman–Crippen MR) is 499 cm³/mol. The Morgan fingerprint density at radius 3 is 1.14 bits per heavy atom. The molecule has 0 aliphatic rings. The van der Waals surface area contributed by atoms with Gasteiger partial charge in [0.1, 0.15) is 63.5 Å². The first-order valence-corrected chi connectivity index (χ1v) is 45.7. The van der Waals surface area contributed by atoms with Gasteiger partial charge in [-0.1, -0.05) is 18.2 Å². The highest BCUT2D eigenvalue weighted by Gasteiger charge is 2.35. The van der Waals surface area contributed by atoms with Gasteiger partial charge in [-0.3, -0.25) is 24.0 Å². The van der Waals surface area contributed by atoms with Crippen LogP contribution in [0.1, 0.15) is 88.1 Å². The van der Waals surface area contributed by atoms with Crippen LogP contribution in [0.4, 0.5) is 32.2 Å². The third kappa shape index (κ3) is 17.3. The number of nitrogens with one attached hydrogen (secondary N) is 5. The van der Waals surface area contributed by atoms with Crippen molar-refractivity contribution < 1.29 is 68.5 Å². The van der Waals surface area contributed by atoms with Crippen molar-refractivity contribution in [1.29, 1.82) is 0 Å². The number of anilines is 1. The molecule has 0 saturated carbocycles. The number of H-pyrrole nitrogens is 4. The minimum atomic E-state index is -3.89. The molecule has 1 amide bonds. The Hall–Kier alpha value is -15.6. The number of rotatable bonds is 19. The van der Waals surface area contributed by atoms with Crippen LogP contribution >= 0.6 is 45.3 Å². The van der Waals surface area contributed by atoms with Crippen LogP contribution in [0.3, 0.4) is 0 Å². The number of hydrogen-bond acceptors (Lipinski definition) is 22. The average molecular weight is 1890 g/mol. The van der Waals surface area contributed by atoms with E-state index in [4.69, 9.17) is 15.2 Å². The summed E-state index contributed by atoms with van der Waals surface area (Å²) in [5, 5.41) is 14.1. The van der Waals surface area contributed by atoms with Gasteiger partial charge in [0.15, 0.2) is 0 Å². The summed E-state index contributed by atoms with van der Waals surface area (Å²) in [5.41, 5.74) is 15.8. The lowest BCUT2D eigenvalue weighted by Gasteiger charge is -2.12. The summed E-state index contributed by atoms with van der Waals surface area (Å²) in [5.74, 6) is -7.51. The Morgan fingerprint density at radius 2 is 0.789 bits per heavy atom. The number of sulfonamides is 1. The second kappa shape index (κ2) is 36.8. The van der Waals surface area contributed by atoms with Gasteiger partial charge in [-0.05, 0) is 161 Å². The number of thiazole rings is 4. The molecule has 0 radical (unpaired) electrons. The number of ether oxygens (including phenoxy) is 2. The molecule has 7 aromatic carbocycles. The second-order valence-electron chi connectivity index (χ2n) is 30.0. The van der Waals surface area contributed by atoms with E-state index in [-0.39, 0.29) is 118 Å². The Labute approximate surface area is 761 Å². The second-order valence-corrected chi connectivity index (χ2v) is 36.0. The zero-order valence-corrected chi connectivity index (χ0v) is 74.2. The average Bonchev–Trinajstić information content (AvgIpc) is 1.58. The summed E-state index contributed by atoms with van der Waals surface area (Å²) in [4.78, 5) is 136.